The predicted octanol–water partition coefficient (Wildman–Crippen LogP) is -1.75. The number of aromatic nitrogens is 4. The average molecular weight is 292 g/mol. The fraction of sp³-hybridized carbons (Fsp3) is 0.833. The zero-order valence-corrected chi connectivity index (χ0v) is 11.8. The van der Waals surface area contributed by atoms with E-state index in [2.05, 4.69) is 31.7 Å². The van der Waals surface area contributed by atoms with Gasteiger partial charge in [-0.05, 0) is 29.7 Å². The SMILES string of the molecule is O=C(C1CNNC1n1cnnn1)N1CC[C@H]2CC[C@@H](C1)N2. The van der Waals surface area contributed by atoms with Crippen LogP contribution in [0.3, 0.4) is 0 Å². The lowest BCUT2D eigenvalue weighted by atomic mass is 10.0. The van der Waals surface area contributed by atoms with Gasteiger partial charge in [0, 0.05) is 31.7 Å². The van der Waals surface area contributed by atoms with E-state index >= 15 is 0 Å². The second-order valence-electron chi connectivity index (χ2n) is 6.08. The summed E-state index contributed by atoms with van der Waals surface area (Å²) in [5.74, 6) is 0.00692. The number of tetrazole rings is 1. The molecule has 3 aliphatic rings. The average Bonchev–Trinajstić information content (AvgIpc) is 3.17. The Bertz CT molecular complexity index is 505. The van der Waals surface area contributed by atoms with Gasteiger partial charge >= 0.3 is 0 Å². The van der Waals surface area contributed by atoms with Crippen molar-refractivity contribution >= 4 is 5.91 Å². The first-order valence-corrected chi connectivity index (χ1v) is 7.57. The summed E-state index contributed by atoms with van der Waals surface area (Å²) in [4.78, 5) is 14.9. The molecule has 1 aromatic heterocycles. The summed E-state index contributed by atoms with van der Waals surface area (Å²) in [6, 6.07) is 1.04. The highest BCUT2D eigenvalue weighted by molar-refractivity contribution is 5.80. The molecule has 3 saturated heterocycles. The largest absolute Gasteiger partial charge is 0.341 e. The maximum absolute atomic E-state index is 12.9. The highest BCUT2D eigenvalue weighted by Gasteiger charge is 2.39. The van der Waals surface area contributed by atoms with Crippen molar-refractivity contribution in [3.63, 3.8) is 0 Å². The highest BCUT2D eigenvalue weighted by Crippen LogP contribution is 2.24. The van der Waals surface area contributed by atoms with Crippen molar-refractivity contribution in [2.24, 2.45) is 5.92 Å². The molecule has 4 heterocycles. The number of rotatable bonds is 2. The number of hydrogen-bond acceptors (Lipinski definition) is 7. The molecule has 0 saturated carbocycles. The predicted molar refractivity (Wildman–Crippen MR) is 72.6 cm³/mol. The maximum Gasteiger partial charge on any atom is 0.230 e. The first-order chi connectivity index (χ1) is 10.3. The second-order valence-corrected chi connectivity index (χ2v) is 6.08. The molecule has 1 amide bonds. The number of likely N-dealkylation sites (tertiary alicyclic amines) is 1. The molecule has 114 valence electrons. The van der Waals surface area contributed by atoms with Gasteiger partial charge in [0.15, 0.2) is 0 Å². The number of carbonyl (C=O) groups is 1. The van der Waals surface area contributed by atoms with E-state index in [0.29, 0.717) is 18.6 Å². The molecule has 1 aromatic rings. The molecule has 2 unspecified atom stereocenters. The lowest BCUT2D eigenvalue weighted by Gasteiger charge is -2.28. The summed E-state index contributed by atoms with van der Waals surface area (Å²) in [5.41, 5.74) is 6.14. The standard InChI is InChI=1S/C12H20N8O/c21-12(19-4-3-8-1-2-9(6-19)15-8)10-5-13-16-11(10)20-7-14-17-18-20/h7-11,13,15-16H,1-6H2/t8-,9+,10?,11?/m1/s1. The summed E-state index contributed by atoms with van der Waals surface area (Å²) in [5, 5.41) is 14.8. The third-order valence-electron chi connectivity index (χ3n) is 4.76. The van der Waals surface area contributed by atoms with E-state index in [9.17, 15) is 4.79 Å². The Morgan fingerprint density at radius 3 is 3.00 bits per heavy atom. The van der Waals surface area contributed by atoms with Gasteiger partial charge in [-0.3, -0.25) is 10.2 Å². The van der Waals surface area contributed by atoms with Crippen LogP contribution < -0.4 is 16.2 Å². The molecule has 9 nitrogen and oxygen atoms in total. The number of nitrogens with one attached hydrogen (secondary N) is 3. The van der Waals surface area contributed by atoms with Gasteiger partial charge in [0.25, 0.3) is 0 Å². The van der Waals surface area contributed by atoms with Crippen LogP contribution in [0.1, 0.15) is 25.4 Å². The molecule has 0 aromatic carbocycles. The molecule has 2 bridgehead atoms. The fourth-order valence-corrected chi connectivity index (χ4v) is 3.63. The number of hydrazine groups is 1. The fourth-order valence-electron chi connectivity index (χ4n) is 3.63. The Morgan fingerprint density at radius 1 is 1.24 bits per heavy atom. The number of carbonyl (C=O) groups excluding carboxylic acids is 1. The first kappa shape index (κ1) is 13.1. The van der Waals surface area contributed by atoms with E-state index in [4.69, 9.17) is 0 Å². The van der Waals surface area contributed by atoms with Crippen LogP contribution in [0.4, 0.5) is 0 Å². The normalized spacial score (nSPS) is 35.9. The summed E-state index contributed by atoms with van der Waals surface area (Å²) >= 11 is 0. The minimum absolute atomic E-state index is 0.176. The summed E-state index contributed by atoms with van der Waals surface area (Å²) in [6.07, 6.45) is 4.78. The Kier molecular flexibility index (Phi) is 3.32. The van der Waals surface area contributed by atoms with E-state index < -0.39 is 0 Å². The Balaban J connectivity index is 1.48. The molecule has 0 aliphatic carbocycles. The van der Waals surface area contributed by atoms with Gasteiger partial charge < -0.3 is 10.2 Å². The van der Waals surface area contributed by atoms with Crippen molar-refractivity contribution in [1.29, 1.82) is 0 Å². The topological polar surface area (TPSA) is 100 Å². The van der Waals surface area contributed by atoms with Crippen molar-refractivity contribution in [2.75, 3.05) is 19.6 Å². The minimum Gasteiger partial charge on any atom is -0.341 e. The van der Waals surface area contributed by atoms with E-state index in [1.165, 1.54) is 19.2 Å². The summed E-state index contributed by atoms with van der Waals surface area (Å²) in [7, 11) is 0. The van der Waals surface area contributed by atoms with Gasteiger partial charge in [-0.2, -0.15) is 0 Å². The second kappa shape index (κ2) is 5.32. The molecule has 4 rings (SSSR count). The quantitative estimate of drug-likeness (QED) is 0.594. The molecule has 3 aliphatic heterocycles. The zero-order chi connectivity index (χ0) is 14.2. The van der Waals surface area contributed by atoms with Crippen molar-refractivity contribution in [1.82, 2.24) is 41.3 Å². The lowest BCUT2D eigenvalue weighted by Crippen LogP contribution is -2.44. The van der Waals surface area contributed by atoms with Gasteiger partial charge in [-0.15, -0.1) is 5.10 Å². The van der Waals surface area contributed by atoms with Crippen LogP contribution in [-0.2, 0) is 4.79 Å². The van der Waals surface area contributed by atoms with Crippen LogP contribution in [0.15, 0.2) is 6.33 Å². The molecule has 4 atom stereocenters. The maximum atomic E-state index is 12.9. The van der Waals surface area contributed by atoms with Crippen molar-refractivity contribution < 1.29 is 4.79 Å². The molecule has 0 spiro atoms. The Labute approximate surface area is 122 Å². The van der Waals surface area contributed by atoms with Gasteiger partial charge in [0.2, 0.25) is 5.91 Å². The summed E-state index contributed by atoms with van der Waals surface area (Å²) < 4.78 is 1.60. The van der Waals surface area contributed by atoms with E-state index in [-0.39, 0.29) is 18.0 Å². The lowest BCUT2D eigenvalue weighted by molar-refractivity contribution is -0.136. The van der Waals surface area contributed by atoms with Crippen LogP contribution >= 0.6 is 0 Å². The van der Waals surface area contributed by atoms with Gasteiger partial charge in [0.1, 0.15) is 12.5 Å². The molecular formula is C12H20N8O. The smallest absolute Gasteiger partial charge is 0.230 e. The summed E-state index contributed by atoms with van der Waals surface area (Å²) in [6.45, 7) is 2.25. The minimum atomic E-state index is -0.221. The Hall–Kier alpha value is -1.58. The number of nitrogens with zero attached hydrogens (tertiary/aromatic N) is 5. The molecule has 0 radical (unpaired) electrons. The van der Waals surface area contributed by atoms with E-state index in [1.807, 2.05) is 4.90 Å². The molecular weight excluding hydrogens is 272 g/mol. The van der Waals surface area contributed by atoms with Crippen LogP contribution in [0.2, 0.25) is 0 Å². The third kappa shape index (κ3) is 2.41. The Morgan fingerprint density at radius 2 is 2.14 bits per heavy atom. The van der Waals surface area contributed by atoms with Crippen LogP contribution in [0, 0.1) is 5.92 Å². The van der Waals surface area contributed by atoms with Crippen LogP contribution in [0.5, 0.6) is 0 Å². The van der Waals surface area contributed by atoms with Crippen LogP contribution in [-0.4, -0.2) is 62.7 Å². The van der Waals surface area contributed by atoms with Crippen molar-refractivity contribution in [3.8, 4) is 0 Å². The van der Waals surface area contributed by atoms with E-state index in [1.54, 1.807) is 4.68 Å². The van der Waals surface area contributed by atoms with Gasteiger partial charge in [-0.25, -0.2) is 10.1 Å². The van der Waals surface area contributed by atoms with Crippen LogP contribution in [0.25, 0.3) is 0 Å². The molecule has 9 heteroatoms. The first-order valence-electron chi connectivity index (χ1n) is 7.57. The number of amides is 1. The monoisotopic (exact) mass is 292 g/mol. The zero-order valence-electron chi connectivity index (χ0n) is 11.8. The van der Waals surface area contributed by atoms with Crippen molar-refractivity contribution in [2.45, 2.75) is 37.5 Å². The number of hydrogen-bond donors (Lipinski definition) is 3. The molecule has 3 fully saturated rings. The van der Waals surface area contributed by atoms with Gasteiger partial charge in [-0.1, -0.05) is 0 Å². The van der Waals surface area contributed by atoms with Crippen molar-refractivity contribution in [3.05, 3.63) is 6.33 Å². The van der Waals surface area contributed by atoms with E-state index in [0.717, 1.165) is 19.5 Å². The highest BCUT2D eigenvalue weighted by atomic mass is 16.2. The molecule has 21 heavy (non-hydrogen) atoms. The third-order valence-corrected chi connectivity index (χ3v) is 4.76. The molecule has 3 N–H and O–H groups in total. The number of fused-ring (bicyclic) bond motifs is 2. The van der Waals surface area contributed by atoms with Gasteiger partial charge in [0.05, 0.1) is 5.92 Å².